The monoisotopic (exact) mass is 261 g/mol. The molecule has 2 rings (SSSR count). The van der Waals surface area contributed by atoms with Crippen LogP contribution >= 0.6 is 12.2 Å². The van der Waals surface area contributed by atoms with Gasteiger partial charge in [0.2, 0.25) is 0 Å². The van der Waals surface area contributed by atoms with Crippen LogP contribution in [-0.2, 0) is 6.54 Å². The summed E-state index contributed by atoms with van der Waals surface area (Å²) in [6, 6.07) is 9.51. The van der Waals surface area contributed by atoms with Gasteiger partial charge in [-0.3, -0.25) is 0 Å². The van der Waals surface area contributed by atoms with E-state index in [2.05, 4.69) is 4.98 Å². The molecule has 0 bridgehead atoms. The van der Waals surface area contributed by atoms with E-state index in [9.17, 15) is 0 Å². The summed E-state index contributed by atoms with van der Waals surface area (Å²) in [7, 11) is 1.95. The molecule has 18 heavy (non-hydrogen) atoms. The van der Waals surface area contributed by atoms with Crippen molar-refractivity contribution in [1.29, 1.82) is 0 Å². The average molecular weight is 261 g/mol. The molecule has 5 heteroatoms. The molecule has 0 saturated carbocycles. The highest BCUT2D eigenvalue weighted by molar-refractivity contribution is 7.80. The first-order valence-corrected chi connectivity index (χ1v) is 6.00. The van der Waals surface area contributed by atoms with Crippen molar-refractivity contribution < 1.29 is 4.42 Å². The number of aryl methyl sites for hydroxylation is 1. The molecular formula is C13H15N3OS. The highest BCUT2D eigenvalue weighted by Crippen LogP contribution is 2.15. The van der Waals surface area contributed by atoms with Crippen molar-refractivity contribution in [3.63, 3.8) is 0 Å². The summed E-state index contributed by atoms with van der Waals surface area (Å²) in [5.74, 6) is 2.62. The van der Waals surface area contributed by atoms with Crippen molar-refractivity contribution in [2.75, 3.05) is 11.9 Å². The SMILES string of the molecule is Cc1ccc(CN(C)c2cccc(C(N)=S)n2)o1. The van der Waals surface area contributed by atoms with Gasteiger partial charge in [0.15, 0.2) is 0 Å². The van der Waals surface area contributed by atoms with E-state index >= 15 is 0 Å². The van der Waals surface area contributed by atoms with Gasteiger partial charge in [-0.1, -0.05) is 18.3 Å². The summed E-state index contributed by atoms with van der Waals surface area (Å²) >= 11 is 4.92. The van der Waals surface area contributed by atoms with E-state index in [1.54, 1.807) is 6.07 Å². The van der Waals surface area contributed by atoms with Crippen molar-refractivity contribution in [1.82, 2.24) is 4.98 Å². The van der Waals surface area contributed by atoms with Gasteiger partial charge >= 0.3 is 0 Å². The predicted molar refractivity (Wildman–Crippen MR) is 75.7 cm³/mol. The molecule has 0 saturated heterocycles. The number of furan rings is 1. The number of hydrogen-bond acceptors (Lipinski definition) is 4. The molecule has 4 nitrogen and oxygen atoms in total. The zero-order chi connectivity index (χ0) is 13.1. The molecule has 0 aliphatic carbocycles. The van der Waals surface area contributed by atoms with Crippen LogP contribution in [0.2, 0.25) is 0 Å². The first kappa shape index (κ1) is 12.6. The van der Waals surface area contributed by atoms with Crippen LogP contribution in [0.25, 0.3) is 0 Å². The van der Waals surface area contributed by atoms with Gasteiger partial charge in [0.05, 0.1) is 12.2 Å². The lowest BCUT2D eigenvalue weighted by Crippen LogP contribution is -2.19. The Morgan fingerprint density at radius 1 is 1.39 bits per heavy atom. The molecule has 2 N–H and O–H groups in total. The summed E-state index contributed by atoms with van der Waals surface area (Å²) in [6.45, 7) is 2.58. The Balaban J connectivity index is 2.15. The van der Waals surface area contributed by atoms with Gasteiger partial charge in [-0.25, -0.2) is 4.98 Å². The molecular weight excluding hydrogens is 246 g/mol. The largest absolute Gasteiger partial charge is 0.464 e. The molecule has 0 aromatic carbocycles. The van der Waals surface area contributed by atoms with Crippen molar-refractivity contribution in [2.24, 2.45) is 5.73 Å². The van der Waals surface area contributed by atoms with E-state index in [0.29, 0.717) is 17.2 Å². The first-order chi connectivity index (χ1) is 8.56. The van der Waals surface area contributed by atoms with Gasteiger partial charge in [0, 0.05) is 7.05 Å². The fourth-order valence-corrected chi connectivity index (χ4v) is 1.77. The molecule has 0 aliphatic rings. The molecule has 2 heterocycles. The van der Waals surface area contributed by atoms with Crippen molar-refractivity contribution in [2.45, 2.75) is 13.5 Å². The van der Waals surface area contributed by atoms with Gasteiger partial charge in [-0.2, -0.15) is 0 Å². The van der Waals surface area contributed by atoms with Crippen LogP contribution in [-0.4, -0.2) is 17.0 Å². The second-order valence-corrected chi connectivity index (χ2v) is 4.55. The summed E-state index contributed by atoms with van der Waals surface area (Å²) in [6.07, 6.45) is 0. The second-order valence-electron chi connectivity index (χ2n) is 4.11. The zero-order valence-electron chi connectivity index (χ0n) is 10.4. The number of anilines is 1. The van der Waals surface area contributed by atoms with Crippen molar-refractivity contribution >= 4 is 23.0 Å². The Hall–Kier alpha value is -1.88. The van der Waals surface area contributed by atoms with Crippen molar-refractivity contribution in [3.8, 4) is 0 Å². The van der Waals surface area contributed by atoms with Gasteiger partial charge in [0.1, 0.15) is 22.3 Å². The highest BCUT2D eigenvalue weighted by atomic mass is 32.1. The van der Waals surface area contributed by atoms with E-state index in [0.717, 1.165) is 17.3 Å². The number of aromatic nitrogens is 1. The third-order valence-corrected chi connectivity index (χ3v) is 2.78. The maximum atomic E-state index is 5.57. The predicted octanol–water partition coefficient (Wildman–Crippen LogP) is 2.25. The summed E-state index contributed by atoms with van der Waals surface area (Å²) in [5, 5.41) is 0. The lowest BCUT2D eigenvalue weighted by Gasteiger charge is -2.17. The van der Waals surface area contributed by atoms with Crippen LogP contribution in [0.1, 0.15) is 17.2 Å². The van der Waals surface area contributed by atoms with E-state index in [4.69, 9.17) is 22.4 Å². The number of pyridine rings is 1. The minimum atomic E-state index is 0.305. The molecule has 0 radical (unpaired) electrons. The van der Waals surface area contributed by atoms with Crippen LogP contribution < -0.4 is 10.6 Å². The first-order valence-electron chi connectivity index (χ1n) is 5.59. The van der Waals surface area contributed by atoms with E-state index in [1.165, 1.54) is 0 Å². The molecule has 0 atom stereocenters. The van der Waals surface area contributed by atoms with Crippen LogP contribution in [0.3, 0.4) is 0 Å². The van der Waals surface area contributed by atoms with Gasteiger partial charge in [0.25, 0.3) is 0 Å². The second kappa shape index (κ2) is 5.18. The summed E-state index contributed by atoms with van der Waals surface area (Å²) in [4.78, 5) is 6.68. The van der Waals surface area contributed by atoms with E-state index < -0.39 is 0 Å². The molecule has 94 valence electrons. The smallest absolute Gasteiger partial charge is 0.129 e. The third-order valence-electron chi connectivity index (χ3n) is 2.57. The molecule has 2 aromatic heterocycles. The quantitative estimate of drug-likeness (QED) is 0.855. The van der Waals surface area contributed by atoms with Gasteiger partial charge < -0.3 is 15.1 Å². The Labute approximate surface area is 111 Å². The fraction of sp³-hybridized carbons (Fsp3) is 0.231. The maximum absolute atomic E-state index is 5.57. The number of nitrogens with two attached hydrogens (primary N) is 1. The number of thiocarbonyl (C=S) groups is 1. The van der Waals surface area contributed by atoms with E-state index in [-0.39, 0.29) is 0 Å². The Bertz CT molecular complexity index is 565. The van der Waals surface area contributed by atoms with Gasteiger partial charge in [-0.15, -0.1) is 0 Å². The third kappa shape index (κ3) is 2.87. The molecule has 0 amide bonds. The normalized spacial score (nSPS) is 10.3. The number of nitrogens with zero attached hydrogens (tertiary/aromatic N) is 2. The number of rotatable bonds is 4. The van der Waals surface area contributed by atoms with E-state index in [1.807, 2.05) is 43.1 Å². The Morgan fingerprint density at radius 2 is 2.17 bits per heavy atom. The summed E-state index contributed by atoms with van der Waals surface area (Å²) in [5.41, 5.74) is 6.20. The topological polar surface area (TPSA) is 55.3 Å². The average Bonchev–Trinajstić information content (AvgIpc) is 2.75. The minimum Gasteiger partial charge on any atom is -0.464 e. The molecule has 0 fully saturated rings. The lowest BCUT2D eigenvalue weighted by atomic mass is 10.3. The number of hydrogen-bond donors (Lipinski definition) is 1. The summed E-state index contributed by atoms with van der Waals surface area (Å²) < 4.78 is 5.53. The highest BCUT2D eigenvalue weighted by Gasteiger charge is 2.07. The molecule has 0 spiro atoms. The van der Waals surface area contributed by atoms with Crippen LogP contribution in [0.4, 0.5) is 5.82 Å². The standard InChI is InChI=1S/C13H15N3OS/c1-9-6-7-10(17-9)8-16(2)12-5-3-4-11(15-12)13(14)18/h3-7H,8H2,1-2H3,(H2,14,18). The van der Waals surface area contributed by atoms with Crippen LogP contribution in [0, 0.1) is 6.92 Å². The minimum absolute atomic E-state index is 0.305. The molecule has 2 aromatic rings. The maximum Gasteiger partial charge on any atom is 0.129 e. The lowest BCUT2D eigenvalue weighted by molar-refractivity contribution is 0.481. The zero-order valence-corrected chi connectivity index (χ0v) is 11.2. The van der Waals surface area contributed by atoms with Crippen molar-refractivity contribution in [3.05, 3.63) is 47.5 Å². The molecule has 0 unspecified atom stereocenters. The fourth-order valence-electron chi connectivity index (χ4n) is 1.66. The Kier molecular flexibility index (Phi) is 3.62. The molecule has 0 aliphatic heterocycles. The van der Waals surface area contributed by atoms with Gasteiger partial charge in [-0.05, 0) is 31.2 Å². The Morgan fingerprint density at radius 3 is 2.78 bits per heavy atom. The van der Waals surface area contributed by atoms with Crippen LogP contribution in [0.5, 0.6) is 0 Å². The van der Waals surface area contributed by atoms with Crippen LogP contribution in [0.15, 0.2) is 34.7 Å².